The Kier molecular flexibility index (Phi) is 5.92. The van der Waals surface area contributed by atoms with E-state index in [0.29, 0.717) is 5.92 Å². The van der Waals surface area contributed by atoms with E-state index >= 15 is 0 Å². The Hall–Kier alpha value is -0.610. The minimum absolute atomic E-state index is 0.00192. The summed E-state index contributed by atoms with van der Waals surface area (Å²) in [7, 11) is 0. The summed E-state index contributed by atoms with van der Waals surface area (Å²) in [6.07, 6.45) is 2.37. The van der Waals surface area contributed by atoms with Crippen molar-refractivity contribution in [1.29, 1.82) is 0 Å². The zero-order chi connectivity index (χ0) is 12.8. The van der Waals surface area contributed by atoms with Crippen molar-refractivity contribution in [1.82, 2.24) is 10.2 Å². The molecule has 0 unspecified atom stereocenters. The normalized spacial score (nSPS) is 20.5. The maximum atomic E-state index is 11.7. The van der Waals surface area contributed by atoms with Crippen LogP contribution in [0.1, 0.15) is 33.6 Å². The Labute approximate surface area is 105 Å². The summed E-state index contributed by atoms with van der Waals surface area (Å²) in [5.74, 6) is 0.830. The van der Waals surface area contributed by atoms with Crippen LogP contribution < -0.4 is 11.1 Å². The molecule has 100 valence electrons. The molecule has 1 aliphatic heterocycles. The quantitative estimate of drug-likeness (QED) is 0.749. The number of nitrogens with two attached hydrogens (primary N) is 1. The highest BCUT2D eigenvalue weighted by molar-refractivity contribution is 5.81. The summed E-state index contributed by atoms with van der Waals surface area (Å²) in [5, 5.41) is 2.98. The van der Waals surface area contributed by atoms with Crippen LogP contribution in [0.25, 0.3) is 0 Å². The van der Waals surface area contributed by atoms with Crippen LogP contribution in [0.15, 0.2) is 0 Å². The molecular weight excluding hydrogens is 214 g/mol. The summed E-state index contributed by atoms with van der Waals surface area (Å²) < 4.78 is 0. The highest BCUT2D eigenvalue weighted by Gasteiger charge is 2.21. The van der Waals surface area contributed by atoms with E-state index in [0.717, 1.165) is 26.2 Å². The third-order valence-corrected chi connectivity index (χ3v) is 3.74. The molecule has 0 bridgehead atoms. The molecule has 0 aliphatic carbocycles. The highest BCUT2D eigenvalue weighted by atomic mass is 16.2. The Morgan fingerprint density at radius 2 is 2.00 bits per heavy atom. The number of piperidine rings is 1. The van der Waals surface area contributed by atoms with E-state index in [2.05, 4.69) is 17.1 Å². The summed E-state index contributed by atoms with van der Waals surface area (Å²) >= 11 is 0. The molecule has 0 aromatic heterocycles. The van der Waals surface area contributed by atoms with Gasteiger partial charge in [-0.2, -0.15) is 0 Å². The van der Waals surface area contributed by atoms with Gasteiger partial charge in [0.15, 0.2) is 0 Å². The van der Waals surface area contributed by atoms with E-state index in [1.807, 2.05) is 13.8 Å². The van der Waals surface area contributed by atoms with Gasteiger partial charge in [-0.05, 0) is 44.3 Å². The van der Waals surface area contributed by atoms with Crippen molar-refractivity contribution in [3.8, 4) is 0 Å². The molecule has 4 nitrogen and oxygen atoms in total. The molecule has 0 aromatic rings. The molecule has 1 heterocycles. The van der Waals surface area contributed by atoms with Crippen LogP contribution in [0.5, 0.6) is 0 Å². The first-order valence-corrected chi connectivity index (χ1v) is 6.80. The molecule has 1 fully saturated rings. The number of nitrogens with zero attached hydrogens (tertiary/aromatic N) is 1. The average Bonchev–Trinajstić information content (AvgIpc) is 2.35. The average molecular weight is 241 g/mol. The van der Waals surface area contributed by atoms with Crippen molar-refractivity contribution in [2.24, 2.45) is 17.6 Å². The first-order chi connectivity index (χ1) is 8.04. The molecule has 0 radical (unpaired) electrons. The molecule has 1 atom stereocenters. The molecule has 1 aliphatic rings. The van der Waals surface area contributed by atoms with Crippen molar-refractivity contribution in [3.63, 3.8) is 0 Å². The molecule has 1 rings (SSSR count). The predicted molar refractivity (Wildman–Crippen MR) is 70.7 cm³/mol. The van der Waals surface area contributed by atoms with Crippen LogP contribution in [0.2, 0.25) is 0 Å². The molecule has 1 amide bonds. The number of carbonyl (C=O) groups excluding carboxylic acids is 1. The highest BCUT2D eigenvalue weighted by Crippen LogP contribution is 2.15. The zero-order valence-corrected chi connectivity index (χ0v) is 11.4. The predicted octanol–water partition coefficient (Wildman–Crippen LogP) is 0.818. The molecule has 0 saturated carbocycles. The van der Waals surface area contributed by atoms with Gasteiger partial charge in [-0.1, -0.05) is 20.8 Å². The molecule has 3 N–H and O–H groups in total. The maximum Gasteiger partial charge on any atom is 0.237 e. The molecule has 17 heavy (non-hydrogen) atoms. The SMILES string of the molecule is CCN1CCC(CNC(=O)[C@@H](N)C(C)C)CC1. The van der Waals surface area contributed by atoms with Crippen molar-refractivity contribution in [2.45, 2.75) is 39.7 Å². The van der Waals surface area contributed by atoms with Crippen molar-refractivity contribution >= 4 is 5.91 Å². The van der Waals surface area contributed by atoms with Gasteiger partial charge in [0.1, 0.15) is 0 Å². The first-order valence-electron chi connectivity index (χ1n) is 6.80. The Bertz CT molecular complexity index is 235. The number of amides is 1. The van der Waals surface area contributed by atoms with Gasteiger partial charge < -0.3 is 16.0 Å². The maximum absolute atomic E-state index is 11.7. The molecule has 1 saturated heterocycles. The van der Waals surface area contributed by atoms with E-state index in [-0.39, 0.29) is 17.9 Å². The lowest BCUT2D eigenvalue weighted by Gasteiger charge is -2.31. The summed E-state index contributed by atoms with van der Waals surface area (Å²) in [6.45, 7) is 10.4. The lowest BCUT2D eigenvalue weighted by atomic mass is 9.96. The third kappa shape index (κ3) is 4.64. The van der Waals surface area contributed by atoms with Crippen LogP contribution >= 0.6 is 0 Å². The van der Waals surface area contributed by atoms with Gasteiger partial charge in [0, 0.05) is 6.54 Å². The summed E-state index contributed by atoms with van der Waals surface area (Å²) in [5.41, 5.74) is 5.80. The molecule has 0 aromatic carbocycles. The van der Waals surface area contributed by atoms with Gasteiger partial charge in [-0.3, -0.25) is 4.79 Å². The van der Waals surface area contributed by atoms with Gasteiger partial charge in [0.05, 0.1) is 6.04 Å². The number of hydrogen-bond donors (Lipinski definition) is 2. The molecular formula is C13H27N3O. The fourth-order valence-corrected chi connectivity index (χ4v) is 2.17. The third-order valence-electron chi connectivity index (χ3n) is 3.74. The van der Waals surface area contributed by atoms with Gasteiger partial charge >= 0.3 is 0 Å². The Balaban J connectivity index is 2.21. The number of nitrogens with one attached hydrogen (secondary N) is 1. The summed E-state index contributed by atoms with van der Waals surface area (Å²) in [4.78, 5) is 14.2. The number of rotatable bonds is 5. The van der Waals surface area contributed by atoms with Crippen LogP contribution in [0, 0.1) is 11.8 Å². The number of hydrogen-bond acceptors (Lipinski definition) is 3. The molecule has 4 heteroatoms. The standard InChI is InChI=1S/C13H27N3O/c1-4-16-7-5-11(6-8-16)9-15-13(17)12(14)10(2)3/h10-12H,4-9,14H2,1-3H3,(H,15,17)/t12-/m0/s1. The summed E-state index contributed by atoms with van der Waals surface area (Å²) in [6, 6.07) is -0.370. The topological polar surface area (TPSA) is 58.4 Å². The smallest absolute Gasteiger partial charge is 0.237 e. The van der Waals surface area contributed by atoms with E-state index in [1.165, 1.54) is 12.8 Å². The fraction of sp³-hybridized carbons (Fsp3) is 0.923. The second-order valence-corrected chi connectivity index (χ2v) is 5.39. The van der Waals surface area contributed by atoms with Crippen LogP contribution in [-0.4, -0.2) is 43.0 Å². The lowest BCUT2D eigenvalue weighted by molar-refractivity contribution is -0.123. The second kappa shape index (κ2) is 6.97. The first kappa shape index (κ1) is 14.5. The Morgan fingerprint density at radius 3 is 2.47 bits per heavy atom. The van der Waals surface area contributed by atoms with Crippen molar-refractivity contribution < 1.29 is 4.79 Å². The second-order valence-electron chi connectivity index (χ2n) is 5.39. The van der Waals surface area contributed by atoms with Crippen LogP contribution in [0.4, 0.5) is 0 Å². The van der Waals surface area contributed by atoms with E-state index in [9.17, 15) is 4.79 Å². The Morgan fingerprint density at radius 1 is 1.41 bits per heavy atom. The van der Waals surface area contributed by atoms with Crippen LogP contribution in [0.3, 0.4) is 0 Å². The monoisotopic (exact) mass is 241 g/mol. The zero-order valence-electron chi connectivity index (χ0n) is 11.4. The fourth-order valence-electron chi connectivity index (χ4n) is 2.17. The van der Waals surface area contributed by atoms with Gasteiger partial charge in [-0.15, -0.1) is 0 Å². The van der Waals surface area contributed by atoms with Gasteiger partial charge in [0.2, 0.25) is 5.91 Å². The number of carbonyl (C=O) groups is 1. The van der Waals surface area contributed by atoms with E-state index < -0.39 is 0 Å². The number of likely N-dealkylation sites (tertiary alicyclic amines) is 1. The lowest BCUT2D eigenvalue weighted by Crippen LogP contribution is -2.46. The van der Waals surface area contributed by atoms with E-state index in [4.69, 9.17) is 5.73 Å². The van der Waals surface area contributed by atoms with Crippen LogP contribution in [-0.2, 0) is 4.79 Å². The largest absolute Gasteiger partial charge is 0.354 e. The van der Waals surface area contributed by atoms with Gasteiger partial charge in [-0.25, -0.2) is 0 Å². The van der Waals surface area contributed by atoms with Gasteiger partial charge in [0.25, 0.3) is 0 Å². The minimum Gasteiger partial charge on any atom is -0.354 e. The van der Waals surface area contributed by atoms with E-state index in [1.54, 1.807) is 0 Å². The van der Waals surface area contributed by atoms with Crippen molar-refractivity contribution in [2.75, 3.05) is 26.2 Å². The van der Waals surface area contributed by atoms with Crippen molar-refractivity contribution in [3.05, 3.63) is 0 Å². The minimum atomic E-state index is -0.370. The molecule has 0 spiro atoms.